The fourth-order valence-corrected chi connectivity index (χ4v) is 5.27. The van der Waals surface area contributed by atoms with E-state index in [2.05, 4.69) is 5.32 Å². The number of carbonyl (C=O) groups is 2. The molecule has 166 valence electrons. The summed E-state index contributed by atoms with van der Waals surface area (Å²) in [6.45, 7) is 0.440. The van der Waals surface area contributed by atoms with Crippen LogP contribution in [0.2, 0.25) is 0 Å². The maximum Gasteiger partial charge on any atom is 0.331 e. The molecule has 3 rings (SSSR count). The first-order valence-corrected chi connectivity index (χ1v) is 12.1. The zero-order chi connectivity index (χ0) is 22.3. The van der Waals surface area contributed by atoms with Crippen LogP contribution < -0.4 is 10.1 Å². The summed E-state index contributed by atoms with van der Waals surface area (Å²) in [6, 6.07) is 8.00. The number of hydrogen-bond donors (Lipinski definition) is 1. The van der Waals surface area contributed by atoms with E-state index in [9.17, 15) is 18.0 Å². The molecule has 0 aliphatic carbocycles. The van der Waals surface area contributed by atoms with Crippen molar-refractivity contribution in [2.75, 3.05) is 32.1 Å². The monoisotopic (exact) mass is 464 g/mol. The second kappa shape index (κ2) is 10.6. The summed E-state index contributed by atoms with van der Waals surface area (Å²) >= 11 is 1.47. The number of piperidine rings is 1. The summed E-state index contributed by atoms with van der Waals surface area (Å²) < 4.78 is 37.4. The molecule has 0 bridgehead atoms. The van der Waals surface area contributed by atoms with Gasteiger partial charge in [-0.15, -0.1) is 11.3 Å². The standard InChI is InChI=1S/C21H24N2O6S2/c1-28-19-9-8-17(31(26,27)23-11-3-2-4-12-23)14-18(19)22-20(24)15-29-21(25)10-7-16-6-5-13-30-16/h5-10,13-14H,2-4,11-12,15H2,1H3,(H,22,24)/b10-7+. The lowest BCUT2D eigenvalue weighted by molar-refractivity contribution is -0.142. The van der Waals surface area contributed by atoms with E-state index in [-0.39, 0.29) is 10.6 Å². The van der Waals surface area contributed by atoms with E-state index in [0.29, 0.717) is 18.8 Å². The van der Waals surface area contributed by atoms with E-state index >= 15 is 0 Å². The number of thiophene rings is 1. The van der Waals surface area contributed by atoms with Gasteiger partial charge in [0.2, 0.25) is 10.0 Å². The van der Waals surface area contributed by atoms with Crippen LogP contribution in [-0.2, 0) is 24.3 Å². The van der Waals surface area contributed by atoms with Crippen LogP contribution in [0.3, 0.4) is 0 Å². The van der Waals surface area contributed by atoms with Crippen LogP contribution in [0.15, 0.2) is 46.7 Å². The normalized spacial score (nSPS) is 15.0. The molecule has 0 radical (unpaired) electrons. The first-order valence-electron chi connectivity index (χ1n) is 9.76. The molecular formula is C21H24N2O6S2. The van der Waals surface area contributed by atoms with Crippen molar-refractivity contribution in [3.8, 4) is 5.75 Å². The molecule has 2 aromatic rings. The van der Waals surface area contributed by atoms with Gasteiger partial charge in [-0.05, 0) is 48.6 Å². The van der Waals surface area contributed by atoms with E-state index < -0.39 is 28.5 Å². The van der Waals surface area contributed by atoms with E-state index in [0.717, 1.165) is 24.1 Å². The molecule has 1 aliphatic rings. The van der Waals surface area contributed by atoms with Gasteiger partial charge < -0.3 is 14.8 Å². The second-order valence-corrected chi connectivity index (χ2v) is 9.75. The molecular weight excluding hydrogens is 440 g/mol. The van der Waals surface area contributed by atoms with Crippen LogP contribution in [0.5, 0.6) is 5.75 Å². The minimum Gasteiger partial charge on any atom is -0.495 e. The lowest BCUT2D eigenvalue weighted by Gasteiger charge is -2.26. The molecule has 2 heterocycles. The fourth-order valence-electron chi connectivity index (χ4n) is 3.11. The Kier molecular flexibility index (Phi) is 7.83. The van der Waals surface area contributed by atoms with Gasteiger partial charge in [-0.1, -0.05) is 12.5 Å². The first kappa shape index (κ1) is 23.0. The van der Waals surface area contributed by atoms with Crippen LogP contribution in [0, 0.1) is 0 Å². The Labute approximate surface area is 185 Å². The van der Waals surface area contributed by atoms with Crippen molar-refractivity contribution < 1.29 is 27.5 Å². The number of hydrogen-bond acceptors (Lipinski definition) is 7. The van der Waals surface area contributed by atoms with Crippen molar-refractivity contribution in [2.24, 2.45) is 0 Å². The van der Waals surface area contributed by atoms with Gasteiger partial charge in [0, 0.05) is 24.0 Å². The van der Waals surface area contributed by atoms with Gasteiger partial charge in [0.25, 0.3) is 5.91 Å². The van der Waals surface area contributed by atoms with Crippen molar-refractivity contribution in [2.45, 2.75) is 24.2 Å². The molecule has 1 aliphatic heterocycles. The predicted octanol–water partition coefficient (Wildman–Crippen LogP) is 3.13. The molecule has 0 atom stereocenters. The summed E-state index contributed by atoms with van der Waals surface area (Å²) in [6.07, 6.45) is 5.50. The smallest absolute Gasteiger partial charge is 0.331 e. The number of ether oxygens (including phenoxy) is 2. The molecule has 1 fully saturated rings. The van der Waals surface area contributed by atoms with Gasteiger partial charge in [0.1, 0.15) is 5.75 Å². The van der Waals surface area contributed by atoms with E-state index in [4.69, 9.17) is 9.47 Å². The number of rotatable bonds is 8. The maximum absolute atomic E-state index is 12.9. The van der Waals surface area contributed by atoms with Gasteiger partial charge in [0.15, 0.2) is 6.61 Å². The first-order chi connectivity index (χ1) is 14.9. The number of sulfonamides is 1. The van der Waals surface area contributed by atoms with Gasteiger partial charge >= 0.3 is 5.97 Å². The summed E-state index contributed by atoms with van der Waals surface area (Å²) in [4.78, 5) is 25.0. The van der Waals surface area contributed by atoms with Crippen molar-refractivity contribution in [1.29, 1.82) is 0 Å². The van der Waals surface area contributed by atoms with Crippen LogP contribution in [-0.4, -0.2) is 51.4 Å². The second-order valence-electron chi connectivity index (χ2n) is 6.83. The number of anilines is 1. The molecule has 1 N–H and O–H groups in total. The Hall–Kier alpha value is -2.69. The van der Waals surface area contributed by atoms with Crippen LogP contribution in [0.1, 0.15) is 24.1 Å². The Morgan fingerprint density at radius 2 is 1.97 bits per heavy atom. The zero-order valence-corrected chi connectivity index (χ0v) is 18.7. The Morgan fingerprint density at radius 1 is 1.19 bits per heavy atom. The largest absolute Gasteiger partial charge is 0.495 e. The molecule has 0 unspecified atom stereocenters. The van der Waals surface area contributed by atoms with Crippen molar-refractivity contribution >= 4 is 45.0 Å². The van der Waals surface area contributed by atoms with E-state index in [1.807, 2.05) is 17.5 Å². The molecule has 1 amide bonds. The third-order valence-corrected chi connectivity index (χ3v) is 7.40. The van der Waals surface area contributed by atoms with E-state index in [1.165, 1.54) is 47.0 Å². The summed E-state index contributed by atoms with van der Waals surface area (Å²) in [7, 11) is -2.25. The average Bonchev–Trinajstić information content (AvgIpc) is 3.30. The Bertz CT molecular complexity index is 1040. The van der Waals surface area contributed by atoms with E-state index in [1.54, 1.807) is 6.08 Å². The quantitative estimate of drug-likeness (QED) is 0.476. The minimum atomic E-state index is -3.67. The fraction of sp³-hybridized carbons (Fsp3) is 0.333. The number of esters is 1. The summed E-state index contributed by atoms with van der Waals surface area (Å²) in [5.74, 6) is -0.963. The number of methoxy groups -OCH3 is 1. The SMILES string of the molecule is COc1ccc(S(=O)(=O)N2CCCCC2)cc1NC(=O)COC(=O)/C=C/c1cccs1. The lowest BCUT2D eigenvalue weighted by atomic mass is 10.2. The lowest BCUT2D eigenvalue weighted by Crippen LogP contribution is -2.35. The molecule has 8 nitrogen and oxygen atoms in total. The summed E-state index contributed by atoms with van der Waals surface area (Å²) in [5, 5.41) is 4.44. The molecule has 0 saturated carbocycles. The third kappa shape index (κ3) is 6.16. The average molecular weight is 465 g/mol. The predicted molar refractivity (Wildman–Crippen MR) is 119 cm³/mol. The third-order valence-electron chi connectivity index (χ3n) is 4.67. The molecule has 31 heavy (non-hydrogen) atoms. The van der Waals surface area contributed by atoms with Crippen molar-refractivity contribution in [1.82, 2.24) is 4.31 Å². The highest BCUT2D eigenvalue weighted by Crippen LogP contribution is 2.30. The number of amides is 1. The van der Waals surface area contributed by atoms with Crippen LogP contribution in [0.25, 0.3) is 6.08 Å². The van der Waals surface area contributed by atoms with Gasteiger partial charge in [-0.3, -0.25) is 4.79 Å². The van der Waals surface area contributed by atoms with Crippen LogP contribution in [0.4, 0.5) is 5.69 Å². The van der Waals surface area contributed by atoms with Crippen molar-refractivity contribution in [3.05, 3.63) is 46.7 Å². The number of carbonyl (C=O) groups excluding carboxylic acids is 2. The van der Waals surface area contributed by atoms with Gasteiger partial charge in [-0.25, -0.2) is 13.2 Å². The summed E-state index contributed by atoms with van der Waals surface area (Å²) in [5.41, 5.74) is 0.191. The number of nitrogens with one attached hydrogen (secondary N) is 1. The highest BCUT2D eigenvalue weighted by Gasteiger charge is 2.27. The Balaban J connectivity index is 1.65. The topological polar surface area (TPSA) is 102 Å². The number of nitrogens with zero attached hydrogens (tertiary/aromatic N) is 1. The molecule has 1 saturated heterocycles. The molecule has 1 aromatic heterocycles. The van der Waals surface area contributed by atoms with Crippen LogP contribution >= 0.6 is 11.3 Å². The molecule has 1 aromatic carbocycles. The highest BCUT2D eigenvalue weighted by atomic mass is 32.2. The zero-order valence-electron chi connectivity index (χ0n) is 17.1. The van der Waals surface area contributed by atoms with Crippen molar-refractivity contribution in [3.63, 3.8) is 0 Å². The Morgan fingerprint density at radius 3 is 2.65 bits per heavy atom. The van der Waals surface area contributed by atoms with Gasteiger partial charge in [0.05, 0.1) is 17.7 Å². The molecule has 10 heteroatoms. The minimum absolute atomic E-state index is 0.0707. The number of benzene rings is 1. The molecule has 0 spiro atoms. The maximum atomic E-state index is 12.9. The highest BCUT2D eigenvalue weighted by molar-refractivity contribution is 7.89. The van der Waals surface area contributed by atoms with Gasteiger partial charge in [-0.2, -0.15) is 4.31 Å².